The molecule has 0 fully saturated rings. The van der Waals surface area contributed by atoms with Crippen molar-refractivity contribution >= 4 is 11.7 Å². The minimum atomic E-state index is -1.45. The van der Waals surface area contributed by atoms with E-state index >= 15 is 0 Å². The van der Waals surface area contributed by atoms with Gasteiger partial charge in [-0.2, -0.15) is 5.26 Å². The number of carbonyl (C=O) groups is 2. The topological polar surface area (TPSA) is 70.0 Å². The summed E-state index contributed by atoms with van der Waals surface area (Å²) < 4.78 is 12.8. The molecule has 0 radical (unpaired) electrons. The highest BCUT2D eigenvalue weighted by Gasteiger charge is 2.27. The molecule has 2 aromatic carbocycles. The van der Waals surface area contributed by atoms with Crippen molar-refractivity contribution in [1.29, 1.82) is 5.26 Å². The third-order valence-electron chi connectivity index (χ3n) is 3.09. The Hall–Kier alpha value is -3.00. The number of benzene rings is 2. The number of nitriles is 1. The molecule has 1 N–H and O–H groups in total. The second-order valence-corrected chi connectivity index (χ2v) is 4.64. The van der Waals surface area contributed by atoms with Gasteiger partial charge in [-0.1, -0.05) is 30.3 Å². The van der Waals surface area contributed by atoms with Crippen LogP contribution in [-0.4, -0.2) is 11.7 Å². The lowest BCUT2D eigenvalue weighted by molar-refractivity contribution is -0.122. The van der Waals surface area contributed by atoms with Gasteiger partial charge in [0.2, 0.25) is 5.91 Å². The Bertz CT molecular complexity index is 706. The molecule has 0 aliphatic heterocycles. The predicted molar refractivity (Wildman–Crippen MR) is 78.1 cm³/mol. The molecule has 0 spiro atoms. The minimum absolute atomic E-state index is 0.128. The zero-order chi connectivity index (χ0) is 15.9. The van der Waals surface area contributed by atoms with Crippen LogP contribution in [0, 0.1) is 23.1 Å². The number of carbonyl (C=O) groups excluding carboxylic acids is 2. The van der Waals surface area contributed by atoms with E-state index in [0.717, 1.165) is 17.7 Å². The van der Waals surface area contributed by atoms with Gasteiger partial charge < -0.3 is 5.32 Å². The quantitative estimate of drug-likeness (QED) is 0.680. The second-order valence-electron chi connectivity index (χ2n) is 4.64. The van der Waals surface area contributed by atoms with Crippen LogP contribution in [0.5, 0.6) is 0 Å². The Morgan fingerprint density at radius 3 is 2.32 bits per heavy atom. The zero-order valence-electron chi connectivity index (χ0n) is 11.6. The Morgan fingerprint density at radius 1 is 1.09 bits per heavy atom. The normalized spacial score (nSPS) is 11.3. The first-order valence-corrected chi connectivity index (χ1v) is 6.63. The number of rotatable bonds is 5. The lowest BCUT2D eigenvalue weighted by Crippen LogP contribution is -2.34. The Labute approximate surface area is 127 Å². The molecule has 110 valence electrons. The smallest absolute Gasteiger partial charge is 0.245 e. The maximum atomic E-state index is 12.8. The van der Waals surface area contributed by atoms with E-state index < -0.39 is 23.4 Å². The maximum Gasteiger partial charge on any atom is 0.245 e. The van der Waals surface area contributed by atoms with Crippen molar-refractivity contribution in [3.05, 3.63) is 71.5 Å². The Kier molecular flexibility index (Phi) is 4.99. The number of ketones is 1. The Morgan fingerprint density at radius 2 is 1.73 bits per heavy atom. The van der Waals surface area contributed by atoms with Crippen LogP contribution in [0.25, 0.3) is 0 Å². The molecule has 2 rings (SSSR count). The highest BCUT2D eigenvalue weighted by atomic mass is 19.1. The highest BCUT2D eigenvalue weighted by molar-refractivity contribution is 6.12. The molecular formula is C17H13FN2O2. The summed E-state index contributed by atoms with van der Waals surface area (Å²) in [6.07, 6.45) is 0. The summed E-state index contributed by atoms with van der Waals surface area (Å²) in [6, 6.07) is 15.6. The number of hydrogen-bond donors (Lipinski definition) is 1. The fraction of sp³-hybridized carbons (Fsp3) is 0.118. The van der Waals surface area contributed by atoms with Crippen molar-refractivity contribution in [2.75, 3.05) is 0 Å². The molecule has 0 saturated heterocycles. The number of Topliss-reactive ketones (excluding diaryl/α,β-unsaturated/α-hetero) is 1. The summed E-state index contributed by atoms with van der Waals surface area (Å²) in [5, 5.41) is 11.6. The van der Waals surface area contributed by atoms with Gasteiger partial charge in [0, 0.05) is 12.1 Å². The summed E-state index contributed by atoms with van der Waals surface area (Å²) in [6.45, 7) is 0.231. The number of nitrogens with zero attached hydrogens (tertiary/aromatic N) is 1. The number of hydrogen-bond acceptors (Lipinski definition) is 3. The van der Waals surface area contributed by atoms with Gasteiger partial charge in [-0.3, -0.25) is 9.59 Å². The van der Waals surface area contributed by atoms with E-state index in [-0.39, 0.29) is 12.1 Å². The molecule has 5 heteroatoms. The van der Waals surface area contributed by atoms with Gasteiger partial charge in [0.1, 0.15) is 5.82 Å². The average Bonchev–Trinajstić information content (AvgIpc) is 2.55. The van der Waals surface area contributed by atoms with Gasteiger partial charge in [0.15, 0.2) is 11.7 Å². The summed E-state index contributed by atoms with van der Waals surface area (Å²) >= 11 is 0. The third-order valence-corrected chi connectivity index (χ3v) is 3.09. The number of amides is 1. The molecular weight excluding hydrogens is 283 g/mol. The molecule has 0 saturated carbocycles. The predicted octanol–water partition coefficient (Wildman–Crippen LogP) is 2.46. The van der Waals surface area contributed by atoms with Gasteiger partial charge in [0.25, 0.3) is 0 Å². The van der Waals surface area contributed by atoms with E-state index in [1.165, 1.54) is 12.1 Å². The number of nitrogens with one attached hydrogen (secondary N) is 1. The van der Waals surface area contributed by atoms with E-state index in [0.29, 0.717) is 0 Å². The standard InChI is InChI=1S/C17H13FN2O2/c18-14-8-6-13(7-9-14)16(21)15(10-19)17(22)20-11-12-4-2-1-3-5-12/h1-9,15H,11H2,(H,20,22). The molecule has 0 bridgehead atoms. The van der Waals surface area contributed by atoms with Crippen LogP contribution in [0.2, 0.25) is 0 Å². The molecule has 1 amide bonds. The highest BCUT2D eigenvalue weighted by Crippen LogP contribution is 2.11. The lowest BCUT2D eigenvalue weighted by Gasteiger charge is -2.09. The summed E-state index contributed by atoms with van der Waals surface area (Å²) in [4.78, 5) is 24.1. The molecule has 0 heterocycles. The van der Waals surface area contributed by atoms with E-state index in [9.17, 15) is 14.0 Å². The van der Waals surface area contributed by atoms with Crippen LogP contribution in [0.3, 0.4) is 0 Å². The fourth-order valence-corrected chi connectivity index (χ4v) is 1.90. The molecule has 1 unspecified atom stereocenters. The zero-order valence-corrected chi connectivity index (χ0v) is 11.6. The summed E-state index contributed by atoms with van der Waals surface area (Å²) in [7, 11) is 0. The van der Waals surface area contributed by atoms with Crippen LogP contribution in [0.15, 0.2) is 54.6 Å². The summed E-state index contributed by atoms with van der Waals surface area (Å²) in [5.41, 5.74) is 0.990. The molecule has 4 nitrogen and oxygen atoms in total. The lowest BCUT2D eigenvalue weighted by atomic mass is 9.98. The van der Waals surface area contributed by atoms with Gasteiger partial charge in [0.05, 0.1) is 6.07 Å². The minimum Gasteiger partial charge on any atom is -0.350 e. The van der Waals surface area contributed by atoms with Crippen molar-refractivity contribution in [2.45, 2.75) is 6.54 Å². The van der Waals surface area contributed by atoms with Crippen LogP contribution in [0.1, 0.15) is 15.9 Å². The van der Waals surface area contributed by atoms with E-state index in [1.807, 2.05) is 30.3 Å². The monoisotopic (exact) mass is 296 g/mol. The van der Waals surface area contributed by atoms with Crippen molar-refractivity contribution in [3.8, 4) is 6.07 Å². The first-order valence-electron chi connectivity index (χ1n) is 6.63. The third kappa shape index (κ3) is 3.76. The van der Waals surface area contributed by atoms with Crippen LogP contribution in [0.4, 0.5) is 4.39 Å². The fourth-order valence-electron chi connectivity index (χ4n) is 1.90. The average molecular weight is 296 g/mol. The van der Waals surface area contributed by atoms with E-state index in [4.69, 9.17) is 5.26 Å². The number of halogens is 1. The Balaban J connectivity index is 2.04. The molecule has 22 heavy (non-hydrogen) atoms. The van der Waals surface area contributed by atoms with E-state index in [1.54, 1.807) is 6.07 Å². The first kappa shape index (κ1) is 15.4. The van der Waals surface area contributed by atoms with Crippen molar-refractivity contribution in [1.82, 2.24) is 5.32 Å². The molecule has 2 aromatic rings. The molecule has 1 atom stereocenters. The molecule has 0 aliphatic carbocycles. The maximum absolute atomic E-state index is 12.8. The van der Waals surface area contributed by atoms with Crippen LogP contribution >= 0.6 is 0 Å². The SMILES string of the molecule is N#CC(C(=O)NCc1ccccc1)C(=O)c1ccc(F)cc1. The van der Waals surface area contributed by atoms with Crippen molar-refractivity contribution < 1.29 is 14.0 Å². The van der Waals surface area contributed by atoms with Crippen molar-refractivity contribution in [3.63, 3.8) is 0 Å². The second kappa shape index (κ2) is 7.14. The van der Waals surface area contributed by atoms with E-state index in [2.05, 4.69) is 5.32 Å². The van der Waals surface area contributed by atoms with Crippen molar-refractivity contribution in [2.24, 2.45) is 5.92 Å². The van der Waals surface area contributed by atoms with Crippen LogP contribution < -0.4 is 5.32 Å². The first-order chi connectivity index (χ1) is 10.6. The van der Waals surface area contributed by atoms with Gasteiger partial charge >= 0.3 is 0 Å². The van der Waals surface area contributed by atoms with Crippen LogP contribution in [-0.2, 0) is 11.3 Å². The summed E-state index contributed by atoms with van der Waals surface area (Å²) in [5.74, 6) is -3.25. The van der Waals surface area contributed by atoms with Gasteiger partial charge in [-0.15, -0.1) is 0 Å². The van der Waals surface area contributed by atoms with Gasteiger partial charge in [-0.25, -0.2) is 4.39 Å². The van der Waals surface area contributed by atoms with Gasteiger partial charge in [-0.05, 0) is 29.8 Å². The molecule has 0 aromatic heterocycles. The largest absolute Gasteiger partial charge is 0.350 e. The molecule has 0 aliphatic rings.